The maximum atomic E-state index is 13.1. The number of unbranched alkanes of at least 4 members (excludes halogenated alkanes) is 3. The number of piperidine rings is 1. The number of aromatic nitrogens is 1. The third kappa shape index (κ3) is 4.82. The van der Waals surface area contributed by atoms with Gasteiger partial charge in [0.05, 0.1) is 12.0 Å². The third-order valence-corrected chi connectivity index (χ3v) is 5.94. The summed E-state index contributed by atoms with van der Waals surface area (Å²) in [7, 11) is 0. The molecule has 1 aromatic carbocycles. The lowest BCUT2D eigenvalue weighted by atomic mass is 9.94. The SMILES string of the molecule is CCCCCCNC(=O)C1CCCN(C(C)C(=O)c2c[nH]c3ccccc23)C1. The van der Waals surface area contributed by atoms with Crippen molar-refractivity contribution in [3.05, 3.63) is 36.0 Å². The number of amides is 1. The average Bonchev–Trinajstić information content (AvgIpc) is 3.16. The summed E-state index contributed by atoms with van der Waals surface area (Å²) in [5.41, 5.74) is 1.72. The van der Waals surface area contributed by atoms with Gasteiger partial charge in [-0.2, -0.15) is 0 Å². The molecule has 2 atom stereocenters. The Morgan fingerprint density at radius 2 is 2.07 bits per heavy atom. The molecular weight excluding hydrogens is 350 g/mol. The number of nitrogens with zero attached hydrogens (tertiary/aromatic N) is 1. The van der Waals surface area contributed by atoms with E-state index in [0.29, 0.717) is 6.54 Å². The van der Waals surface area contributed by atoms with E-state index in [1.54, 1.807) is 0 Å². The number of nitrogens with one attached hydrogen (secondary N) is 2. The van der Waals surface area contributed by atoms with E-state index in [4.69, 9.17) is 0 Å². The molecule has 3 rings (SSSR count). The van der Waals surface area contributed by atoms with Gasteiger partial charge in [0.2, 0.25) is 5.91 Å². The van der Waals surface area contributed by atoms with Gasteiger partial charge < -0.3 is 10.3 Å². The van der Waals surface area contributed by atoms with Crippen molar-refractivity contribution in [3.63, 3.8) is 0 Å². The summed E-state index contributed by atoms with van der Waals surface area (Å²) >= 11 is 0. The largest absolute Gasteiger partial charge is 0.360 e. The first-order chi connectivity index (χ1) is 13.6. The summed E-state index contributed by atoms with van der Waals surface area (Å²) in [5.74, 6) is 0.254. The molecule has 2 heterocycles. The second-order valence-electron chi connectivity index (χ2n) is 7.97. The van der Waals surface area contributed by atoms with Crippen molar-refractivity contribution in [1.29, 1.82) is 0 Å². The van der Waals surface area contributed by atoms with Crippen LogP contribution in [0.1, 0.15) is 62.7 Å². The summed E-state index contributed by atoms with van der Waals surface area (Å²) < 4.78 is 0. The lowest BCUT2D eigenvalue weighted by Crippen LogP contribution is -2.48. The molecular formula is C23H33N3O2. The van der Waals surface area contributed by atoms with Crippen LogP contribution in [-0.2, 0) is 4.79 Å². The van der Waals surface area contributed by atoms with E-state index in [1.165, 1.54) is 19.3 Å². The fraction of sp³-hybridized carbons (Fsp3) is 0.565. The zero-order valence-corrected chi connectivity index (χ0v) is 17.2. The van der Waals surface area contributed by atoms with Crippen LogP contribution in [-0.4, -0.2) is 47.3 Å². The van der Waals surface area contributed by atoms with Gasteiger partial charge in [-0.15, -0.1) is 0 Å². The van der Waals surface area contributed by atoms with Gasteiger partial charge in [-0.3, -0.25) is 14.5 Å². The topological polar surface area (TPSA) is 65.2 Å². The monoisotopic (exact) mass is 383 g/mol. The van der Waals surface area contributed by atoms with Crippen molar-refractivity contribution >= 4 is 22.6 Å². The van der Waals surface area contributed by atoms with Gasteiger partial charge in [0, 0.05) is 35.8 Å². The molecule has 5 nitrogen and oxygen atoms in total. The van der Waals surface area contributed by atoms with E-state index in [-0.39, 0.29) is 23.7 Å². The normalized spacial score (nSPS) is 18.9. The average molecular weight is 384 g/mol. The minimum absolute atomic E-state index is 0.0156. The van der Waals surface area contributed by atoms with Crippen LogP contribution in [0.3, 0.4) is 0 Å². The summed E-state index contributed by atoms with van der Waals surface area (Å²) in [6.07, 6.45) is 8.32. The van der Waals surface area contributed by atoms with Crippen molar-refractivity contribution in [2.75, 3.05) is 19.6 Å². The zero-order chi connectivity index (χ0) is 19.9. The van der Waals surface area contributed by atoms with Gasteiger partial charge in [0.1, 0.15) is 0 Å². The highest BCUT2D eigenvalue weighted by Crippen LogP contribution is 2.24. The minimum atomic E-state index is -0.223. The Bertz CT molecular complexity index is 798. The number of carbonyl (C=O) groups excluding carboxylic acids is 2. The molecule has 1 amide bonds. The van der Waals surface area contributed by atoms with E-state index in [0.717, 1.165) is 48.8 Å². The molecule has 1 aliphatic heterocycles. The van der Waals surface area contributed by atoms with Crippen LogP contribution in [0.4, 0.5) is 0 Å². The number of aromatic amines is 1. The van der Waals surface area contributed by atoms with Crippen LogP contribution >= 0.6 is 0 Å². The molecule has 1 aromatic heterocycles. The van der Waals surface area contributed by atoms with Gasteiger partial charge in [-0.05, 0) is 38.8 Å². The van der Waals surface area contributed by atoms with Crippen molar-refractivity contribution in [3.8, 4) is 0 Å². The van der Waals surface area contributed by atoms with Gasteiger partial charge in [-0.25, -0.2) is 0 Å². The number of carbonyl (C=O) groups is 2. The highest BCUT2D eigenvalue weighted by molar-refractivity contribution is 6.10. The Balaban J connectivity index is 1.57. The van der Waals surface area contributed by atoms with Crippen molar-refractivity contribution in [2.24, 2.45) is 5.92 Å². The Kier molecular flexibility index (Phi) is 7.26. The van der Waals surface area contributed by atoms with Crippen LogP contribution in [0, 0.1) is 5.92 Å². The first kappa shape index (κ1) is 20.6. The van der Waals surface area contributed by atoms with E-state index in [1.807, 2.05) is 37.4 Å². The number of likely N-dealkylation sites (tertiary alicyclic amines) is 1. The van der Waals surface area contributed by atoms with Crippen molar-refractivity contribution < 1.29 is 9.59 Å². The first-order valence-electron chi connectivity index (χ1n) is 10.7. The fourth-order valence-corrected chi connectivity index (χ4v) is 4.15. The second-order valence-corrected chi connectivity index (χ2v) is 7.97. The molecule has 0 radical (unpaired) electrons. The summed E-state index contributed by atoms with van der Waals surface area (Å²) in [4.78, 5) is 31.0. The molecule has 1 saturated heterocycles. The molecule has 0 aliphatic carbocycles. The number of benzene rings is 1. The van der Waals surface area contributed by atoms with Crippen LogP contribution in [0.25, 0.3) is 10.9 Å². The van der Waals surface area contributed by atoms with Crippen molar-refractivity contribution in [2.45, 2.75) is 58.4 Å². The number of hydrogen-bond acceptors (Lipinski definition) is 3. The standard InChI is InChI=1S/C23H33N3O2/c1-3-4-5-8-13-24-23(28)18-10-9-14-26(16-18)17(2)22(27)20-15-25-21-12-7-6-11-19(20)21/h6-7,11-12,15,17-18,25H,3-5,8-10,13-14,16H2,1-2H3,(H,24,28). The van der Waals surface area contributed by atoms with Gasteiger partial charge in [0.25, 0.3) is 0 Å². The van der Waals surface area contributed by atoms with E-state index < -0.39 is 0 Å². The lowest BCUT2D eigenvalue weighted by molar-refractivity contribution is -0.126. The van der Waals surface area contributed by atoms with E-state index in [2.05, 4.69) is 22.1 Å². The molecule has 1 aliphatic rings. The highest BCUT2D eigenvalue weighted by atomic mass is 16.2. The molecule has 0 saturated carbocycles. The third-order valence-electron chi connectivity index (χ3n) is 5.94. The van der Waals surface area contributed by atoms with Gasteiger partial charge in [0.15, 0.2) is 5.78 Å². The van der Waals surface area contributed by atoms with Gasteiger partial charge >= 0.3 is 0 Å². The molecule has 28 heavy (non-hydrogen) atoms. The summed E-state index contributed by atoms with van der Waals surface area (Å²) in [6.45, 7) is 6.45. The number of fused-ring (bicyclic) bond motifs is 1. The van der Waals surface area contributed by atoms with E-state index in [9.17, 15) is 9.59 Å². The lowest BCUT2D eigenvalue weighted by Gasteiger charge is -2.35. The Morgan fingerprint density at radius 1 is 1.25 bits per heavy atom. The Hall–Kier alpha value is -2.14. The van der Waals surface area contributed by atoms with Crippen LogP contribution in [0.2, 0.25) is 0 Å². The summed E-state index contributed by atoms with van der Waals surface area (Å²) in [6, 6.07) is 7.67. The zero-order valence-electron chi connectivity index (χ0n) is 17.2. The Morgan fingerprint density at radius 3 is 2.89 bits per heavy atom. The fourth-order valence-electron chi connectivity index (χ4n) is 4.15. The quantitative estimate of drug-likeness (QED) is 0.505. The number of ketones is 1. The molecule has 1 fully saturated rings. The molecule has 5 heteroatoms. The van der Waals surface area contributed by atoms with Gasteiger partial charge in [-0.1, -0.05) is 44.4 Å². The molecule has 0 spiro atoms. The minimum Gasteiger partial charge on any atom is -0.360 e. The van der Waals surface area contributed by atoms with E-state index >= 15 is 0 Å². The molecule has 2 unspecified atom stereocenters. The van der Waals surface area contributed by atoms with Crippen LogP contribution in [0.15, 0.2) is 30.5 Å². The molecule has 152 valence electrons. The number of rotatable bonds is 9. The maximum absolute atomic E-state index is 13.1. The highest BCUT2D eigenvalue weighted by Gasteiger charge is 2.31. The Labute approximate surface area is 167 Å². The smallest absolute Gasteiger partial charge is 0.224 e. The number of Topliss-reactive ketones (excluding diaryl/α,β-unsaturated/α-hetero) is 1. The number of H-pyrrole nitrogens is 1. The van der Waals surface area contributed by atoms with Crippen LogP contribution < -0.4 is 5.32 Å². The number of hydrogen-bond donors (Lipinski definition) is 2. The summed E-state index contributed by atoms with van der Waals surface area (Å²) in [5, 5.41) is 4.07. The maximum Gasteiger partial charge on any atom is 0.224 e. The first-order valence-corrected chi connectivity index (χ1v) is 10.7. The molecule has 2 aromatic rings. The predicted octanol–water partition coefficient (Wildman–Crippen LogP) is 4.15. The number of para-hydroxylation sites is 1. The molecule has 0 bridgehead atoms. The van der Waals surface area contributed by atoms with Crippen molar-refractivity contribution in [1.82, 2.24) is 15.2 Å². The van der Waals surface area contributed by atoms with Crippen LogP contribution in [0.5, 0.6) is 0 Å². The molecule has 2 N–H and O–H groups in total. The second kappa shape index (κ2) is 9.87. The predicted molar refractivity (Wildman–Crippen MR) is 114 cm³/mol.